The largest absolute Gasteiger partial charge is 0.481 e. The van der Waals surface area contributed by atoms with Crippen molar-refractivity contribution >= 4 is 17.7 Å². The van der Waals surface area contributed by atoms with Gasteiger partial charge in [-0.3, -0.25) is 14.4 Å². The van der Waals surface area contributed by atoms with Crippen molar-refractivity contribution in [2.24, 2.45) is 0 Å². The Hall–Kier alpha value is -1.39. The van der Waals surface area contributed by atoms with Crippen LogP contribution in [0.5, 0.6) is 0 Å². The molecule has 0 aromatic heterocycles. The van der Waals surface area contributed by atoms with Crippen LogP contribution in [0.2, 0.25) is 0 Å². The van der Waals surface area contributed by atoms with Gasteiger partial charge in [0.05, 0.1) is 0 Å². The second-order valence-corrected chi connectivity index (χ2v) is 5.86. The van der Waals surface area contributed by atoms with Gasteiger partial charge < -0.3 is 10.2 Å². The van der Waals surface area contributed by atoms with E-state index in [4.69, 9.17) is 10.2 Å². The highest BCUT2D eigenvalue weighted by atomic mass is 16.4. The van der Waals surface area contributed by atoms with Crippen molar-refractivity contribution in [2.75, 3.05) is 0 Å². The van der Waals surface area contributed by atoms with Crippen molar-refractivity contribution < 1.29 is 24.6 Å². The first kappa shape index (κ1) is 20.6. The number of carbonyl (C=O) groups excluding carboxylic acids is 1. The molecule has 2 N–H and O–H groups in total. The van der Waals surface area contributed by atoms with E-state index in [0.29, 0.717) is 18.6 Å². The highest BCUT2D eigenvalue weighted by Crippen LogP contribution is 2.11. The quantitative estimate of drug-likeness (QED) is 0.417. The van der Waals surface area contributed by atoms with Crippen molar-refractivity contribution in [3.63, 3.8) is 0 Å². The molecular weight excluding hydrogens is 284 g/mol. The number of carboxylic acids is 2. The number of carbonyl (C=O) groups is 3. The molecule has 5 nitrogen and oxygen atoms in total. The standard InChI is InChI=1S/C17H30O5/c18-15(11-7-3-1-5-9-13-16(19)20)12-8-4-2-6-10-14-17(21)22/h1-14H2,(H,19,20)(H,21,22). The van der Waals surface area contributed by atoms with Gasteiger partial charge >= 0.3 is 11.9 Å². The summed E-state index contributed by atoms with van der Waals surface area (Å²) in [5.74, 6) is -1.16. The molecule has 0 saturated heterocycles. The van der Waals surface area contributed by atoms with E-state index in [2.05, 4.69) is 0 Å². The third-order valence-electron chi connectivity index (χ3n) is 3.69. The predicted octanol–water partition coefficient (Wildman–Crippen LogP) is 4.19. The van der Waals surface area contributed by atoms with Gasteiger partial charge in [-0.1, -0.05) is 38.5 Å². The summed E-state index contributed by atoms with van der Waals surface area (Å²) in [4.78, 5) is 32.3. The smallest absolute Gasteiger partial charge is 0.303 e. The normalized spacial score (nSPS) is 10.5. The Labute approximate surface area is 133 Å². The van der Waals surface area contributed by atoms with Crippen LogP contribution < -0.4 is 0 Å². The molecule has 0 aromatic rings. The molecule has 0 aromatic carbocycles. The number of Topliss-reactive ketones (excluding diaryl/α,β-unsaturated/α-hetero) is 1. The Bertz CT molecular complexity index is 295. The number of hydrogen-bond donors (Lipinski definition) is 2. The molecule has 0 saturated carbocycles. The molecule has 0 radical (unpaired) electrons. The molecule has 22 heavy (non-hydrogen) atoms. The van der Waals surface area contributed by atoms with Crippen LogP contribution >= 0.6 is 0 Å². The Balaban J connectivity index is 3.23. The summed E-state index contributed by atoms with van der Waals surface area (Å²) in [7, 11) is 0. The summed E-state index contributed by atoms with van der Waals surface area (Å²) >= 11 is 0. The molecule has 0 fully saturated rings. The number of ketones is 1. The average molecular weight is 314 g/mol. The van der Waals surface area contributed by atoms with Gasteiger partial charge in [0.1, 0.15) is 5.78 Å². The van der Waals surface area contributed by atoms with E-state index in [1.165, 1.54) is 0 Å². The summed E-state index contributed by atoms with van der Waals surface area (Å²) in [6.45, 7) is 0. The molecule has 0 aliphatic carbocycles. The number of aliphatic carboxylic acids is 2. The summed E-state index contributed by atoms with van der Waals surface area (Å²) < 4.78 is 0. The fraction of sp³-hybridized carbons (Fsp3) is 0.824. The van der Waals surface area contributed by atoms with Crippen LogP contribution in [0.15, 0.2) is 0 Å². The van der Waals surface area contributed by atoms with E-state index >= 15 is 0 Å². The van der Waals surface area contributed by atoms with E-state index in [9.17, 15) is 14.4 Å². The van der Waals surface area contributed by atoms with Crippen molar-refractivity contribution in [3.8, 4) is 0 Å². The minimum Gasteiger partial charge on any atom is -0.481 e. The van der Waals surface area contributed by atoms with Gasteiger partial charge in [-0.2, -0.15) is 0 Å². The maximum atomic E-state index is 11.6. The number of unbranched alkanes of at least 4 members (excludes halogenated alkanes) is 8. The van der Waals surface area contributed by atoms with Crippen LogP contribution in [0.25, 0.3) is 0 Å². The van der Waals surface area contributed by atoms with E-state index in [-0.39, 0.29) is 12.8 Å². The van der Waals surface area contributed by atoms with E-state index in [0.717, 1.165) is 64.2 Å². The lowest BCUT2D eigenvalue weighted by atomic mass is 10.0. The van der Waals surface area contributed by atoms with Gasteiger partial charge in [0, 0.05) is 25.7 Å². The Morgan fingerprint density at radius 1 is 0.455 bits per heavy atom. The first-order valence-electron chi connectivity index (χ1n) is 8.47. The Morgan fingerprint density at radius 3 is 1.05 bits per heavy atom. The zero-order valence-corrected chi connectivity index (χ0v) is 13.5. The zero-order chi connectivity index (χ0) is 16.6. The van der Waals surface area contributed by atoms with E-state index < -0.39 is 11.9 Å². The molecule has 0 atom stereocenters. The second-order valence-electron chi connectivity index (χ2n) is 5.86. The lowest BCUT2D eigenvalue weighted by Gasteiger charge is -2.02. The number of carboxylic acid groups (broad SMARTS) is 2. The third kappa shape index (κ3) is 16.7. The van der Waals surface area contributed by atoms with Gasteiger partial charge in [-0.25, -0.2) is 0 Å². The molecule has 0 unspecified atom stereocenters. The van der Waals surface area contributed by atoms with Crippen molar-refractivity contribution in [1.29, 1.82) is 0 Å². The number of rotatable bonds is 16. The summed E-state index contributed by atoms with van der Waals surface area (Å²) in [6.07, 6.45) is 10.9. The molecule has 0 bridgehead atoms. The van der Waals surface area contributed by atoms with Gasteiger partial charge in [0.15, 0.2) is 0 Å². The second kappa shape index (κ2) is 14.5. The third-order valence-corrected chi connectivity index (χ3v) is 3.69. The highest BCUT2D eigenvalue weighted by molar-refractivity contribution is 5.78. The lowest BCUT2D eigenvalue weighted by molar-refractivity contribution is -0.138. The van der Waals surface area contributed by atoms with E-state index in [1.54, 1.807) is 0 Å². The minimum absolute atomic E-state index is 0.241. The first-order valence-corrected chi connectivity index (χ1v) is 8.47. The molecule has 0 aliphatic heterocycles. The van der Waals surface area contributed by atoms with Gasteiger partial charge in [-0.15, -0.1) is 0 Å². The SMILES string of the molecule is O=C(O)CCCCCCCC(=O)CCCCCCCC(=O)O. The molecule has 0 rings (SSSR count). The molecule has 0 spiro atoms. The summed E-state index contributed by atoms with van der Waals surface area (Å²) in [5.41, 5.74) is 0. The molecule has 0 aliphatic rings. The van der Waals surface area contributed by atoms with Crippen LogP contribution in [0.4, 0.5) is 0 Å². The maximum absolute atomic E-state index is 11.6. The van der Waals surface area contributed by atoms with Crippen LogP contribution in [0, 0.1) is 0 Å². The monoisotopic (exact) mass is 314 g/mol. The average Bonchev–Trinajstić information content (AvgIpc) is 2.44. The Kier molecular flexibility index (Phi) is 13.6. The van der Waals surface area contributed by atoms with E-state index in [1.807, 2.05) is 0 Å². The van der Waals surface area contributed by atoms with Crippen LogP contribution in [0.3, 0.4) is 0 Å². The highest BCUT2D eigenvalue weighted by Gasteiger charge is 2.03. The molecule has 0 heterocycles. The minimum atomic E-state index is -0.738. The van der Waals surface area contributed by atoms with Gasteiger partial charge in [-0.05, 0) is 25.7 Å². The predicted molar refractivity (Wildman–Crippen MR) is 84.9 cm³/mol. The molecule has 128 valence electrons. The van der Waals surface area contributed by atoms with Crippen molar-refractivity contribution in [2.45, 2.75) is 89.9 Å². The fourth-order valence-electron chi connectivity index (χ4n) is 2.38. The molecule has 0 amide bonds. The zero-order valence-electron chi connectivity index (χ0n) is 13.5. The first-order chi connectivity index (χ1) is 10.5. The number of hydrogen-bond acceptors (Lipinski definition) is 3. The summed E-state index contributed by atoms with van der Waals surface area (Å²) in [5, 5.41) is 17.0. The lowest BCUT2D eigenvalue weighted by Crippen LogP contribution is -1.98. The van der Waals surface area contributed by atoms with Crippen LogP contribution in [-0.4, -0.2) is 27.9 Å². The molecular formula is C17H30O5. The fourth-order valence-corrected chi connectivity index (χ4v) is 2.38. The maximum Gasteiger partial charge on any atom is 0.303 e. The van der Waals surface area contributed by atoms with Crippen LogP contribution in [0.1, 0.15) is 89.9 Å². The Morgan fingerprint density at radius 2 is 0.727 bits per heavy atom. The molecule has 5 heteroatoms. The van der Waals surface area contributed by atoms with Crippen LogP contribution in [-0.2, 0) is 14.4 Å². The van der Waals surface area contributed by atoms with Gasteiger partial charge in [0.25, 0.3) is 0 Å². The van der Waals surface area contributed by atoms with Crippen molar-refractivity contribution in [1.82, 2.24) is 0 Å². The van der Waals surface area contributed by atoms with Crippen molar-refractivity contribution in [3.05, 3.63) is 0 Å². The van der Waals surface area contributed by atoms with Gasteiger partial charge in [0.2, 0.25) is 0 Å². The summed E-state index contributed by atoms with van der Waals surface area (Å²) in [6, 6.07) is 0. The topological polar surface area (TPSA) is 91.7 Å².